The van der Waals surface area contributed by atoms with Crippen molar-refractivity contribution >= 4 is 17.6 Å². The largest absolute Gasteiger partial charge is 0.465 e. The molecule has 0 saturated heterocycles. The van der Waals surface area contributed by atoms with Crippen LogP contribution >= 0.6 is 0 Å². The Morgan fingerprint density at radius 1 is 1.22 bits per heavy atom. The Hall–Kier alpha value is -2.63. The third-order valence-corrected chi connectivity index (χ3v) is 3.59. The van der Waals surface area contributed by atoms with Gasteiger partial charge < -0.3 is 10.1 Å². The number of hydrogen-bond acceptors (Lipinski definition) is 4. The minimum Gasteiger partial charge on any atom is -0.465 e. The lowest BCUT2D eigenvalue weighted by Gasteiger charge is -2.08. The number of carbonyl (C=O) groups is 2. The SMILES string of the molecule is CCOC(=O)Cn1nc(C)c(NC(=O)c2ccccc2C)c1C. The second kappa shape index (κ2) is 7.09. The number of esters is 1. The molecule has 0 aliphatic rings. The number of rotatable bonds is 5. The van der Waals surface area contributed by atoms with Gasteiger partial charge in [0.1, 0.15) is 6.54 Å². The average molecular weight is 315 g/mol. The van der Waals surface area contributed by atoms with E-state index in [4.69, 9.17) is 4.74 Å². The van der Waals surface area contributed by atoms with Crippen molar-refractivity contribution in [2.45, 2.75) is 34.2 Å². The number of carbonyl (C=O) groups excluding carboxylic acids is 2. The molecule has 0 saturated carbocycles. The summed E-state index contributed by atoms with van der Waals surface area (Å²) >= 11 is 0. The minimum absolute atomic E-state index is 0.0285. The topological polar surface area (TPSA) is 73.2 Å². The van der Waals surface area contributed by atoms with Crippen molar-refractivity contribution in [3.63, 3.8) is 0 Å². The Labute approximate surface area is 135 Å². The number of ether oxygens (including phenoxy) is 1. The Kier molecular flexibility index (Phi) is 5.16. The van der Waals surface area contributed by atoms with Crippen molar-refractivity contribution in [1.29, 1.82) is 0 Å². The second-order valence-corrected chi connectivity index (χ2v) is 5.28. The quantitative estimate of drug-likeness (QED) is 0.861. The van der Waals surface area contributed by atoms with Crippen LogP contribution in [0.2, 0.25) is 0 Å². The van der Waals surface area contributed by atoms with Gasteiger partial charge in [-0.05, 0) is 39.3 Å². The summed E-state index contributed by atoms with van der Waals surface area (Å²) in [5, 5.41) is 7.19. The van der Waals surface area contributed by atoms with Gasteiger partial charge in [0.15, 0.2) is 0 Å². The van der Waals surface area contributed by atoms with Gasteiger partial charge in [0.05, 0.1) is 23.7 Å². The maximum atomic E-state index is 12.4. The predicted octanol–water partition coefficient (Wildman–Crippen LogP) is 2.62. The molecular formula is C17H21N3O3. The van der Waals surface area contributed by atoms with Gasteiger partial charge in [-0.25, -0.2) is 0 Å². The van der Waals surface area contributed by atoms with Gasteiger partial charge in [0.2, 0.25) is 0 Å². The fourth-order valence-electron chi connectivity index (χ4n) is 2.37. The highest BCUT2D eigenvalue weighted by molar-refractivity contribution is 6.05. The molecule has 1 aromatic heterocycles. The first-order valence-corrected chi connectivity index (χ1v) is 7.50. The monoisotopic (exact) mass is 315 g/mol. The number of nitrogens with zero attached hydrogens (tertiary/aromatic N) is 2. The average Bonchev–Trinajstić information content (AvgIpc) is 2.75. The third kappa shape index (κ3) is 3.77. The van der Waals surface area contributed by atoms with Crippen molar-refractivity contribution in [2.75, 3.05) is 11.9 Å². The molecule has 23 heavy (non-hydrogen) atoms. The highest BCUT2D eigenvalue weighted by Gasteiger charge is 2.17. The number of aromatic nitrogens is 2. The molecule has 1 N–H and O–H groups in total. The molecule has 1 aromatic carbocycles. The zero-order chi connectivity index (χ0) is 17.0. The molecule has 2 aromatic rings. The maximum Gasteiger partial charge on any atom is 0.327 e. The lowest BCUT2D eigenvalue weighted by molar-refractivity contribution is -0.144. The summed E-state index contributed by atoms with van der Waals surface area (Å²) in [6.07, 6.45) is 0. The molecular weight excluding hydrogens is 294 g/mol. The number of hydrogen-bond donors (Lipinski definition) is 1. The molecule has 0 bridgehead atoms. The van der Waals surface area contributed by atoms with Crippen LogP contribution < -0.4 is 5.32 Å². The van der Waals surface area contributed by atoms with E-state index >= 15 is 0 Å². The Balaban J connectivity index is 2.21. The van der Waals surface area contributed by atoms with E-state index in [0.717, 1.165) is 11.3 Å². The van der Waals surface area contributed by atoms with Crippen molar-refractivity contribution < 1.29 is 14.3 Å². The van der Waals surface area contributed by atoms with Crippen LogP contribution in [0.15, 0.2) is 24.3 Å². The molecule has 6 heteroatoms. The molecule has 0 aliphatic carbocycles. The fourth-order valence-corrected chi connectivity index (χ4v) is 2.37. The molecule has 1 heterocycles. The van der Waals surface area contributed by atoms with E-state index in [1.54, 1.807) is 24.6 Å². The Bertz CT molecular complexity index is 735. The number of benzene rings is 1. The summed E-state index contributed by atoms with van der Waals surface area (Å²) in [6, 6.07) is 7.38. The predicted molar refractivity (Wildman–Crippen MR) is 87.5 cm³/mol. The molecule has 0 aliphatic heterocycles. The number of aryl methyl sites for hydroxylation is 2. The second-order valence-electron chi connectivity index (χ2n) is 5.28. The molecule has 0 spiro atoms. The smallest absolute Gasteiger partial charge is 0.327 e. The first-order valence-electron chi connectivity index (χ1n) is 7.50. The van der Waals surface area contributed by atoms with Gasteiger partial charge in [0, 0.05) is 5.56 Å². The minimum atomic E-state index is -0.352. The van der Waals surface area contributed by atoms with Crippen molar-refractivity contribution in [3.8, 4) is 0 Å². The lowest BCUT2D eigenvalue weighted by atomic mass is 10.1. The van der Waals surface area contributed by atoms with E-state index in [-0.39, 0.29) is 18.4 Å². The maximum absolute atomic E-state index is 12.4. The van der Waals surface area contributed by atoms with E-state index in [0.29, 0.717) is 23.6 Å². The highest BCUT2D eigenvalue weighted by atomic mass is 16.5. The fraction of sp³-hybridized carbons (Fsp3) is 0.353. The van der Waals surface area contributed by atoms with Crippen molar-refractivity contribution in [2.24, 2.45) is 0 Å². The molecule has 2 rings (SSSR count). The van der Waals surface area contributed by atoms with Crippen LogP contribution in [-0.4, -0.2) is 28.3 Å². The van der Waals surface area contributed by atoms with Crippen molar-refractivity contribution in [3.05, 3.63) is 46.8 Å². The molecule has 0 radical (unpaired) electrons. The van der Waals surface area contributed by atoms with Crippen LogP contribution in [0.5, 0.6) is 0 Å². The molecule has 122 valence electrons. The zero-order valence-electron chi connectivity index (χ0n) is 13.8. The Morgan fingerprint density at radius 3 is 2.57 bits per heavy atom. The summed E-state index contributed by atoms with van der Waals surface area (Å²) in [5.41, 5.74) is 3.53. The Morgan fingerprint density at radius 2 is 1.91 bits per heavy atom. The van der Waals surface area contributed by atoms with Gasteiger partial charge in [0.25, 0.3) is 5.91 Å². The van der Waals surface area contributed by atoms with E-state index in [1.165, 1.54) is 0 Å². The highest BCUT2D eigenvalue weighted by Crippen LogP contribution is 2.21. The first-order chi connectivity index (χ1) is 10.9. The van der Waals surface area contributed by atoms with E-state index in [2.05, 4.69) is 10.4 Å². The van der Waals surface area contributed by atoms with Gasteiger partial charge >= 0.3 is 5.97 Å². The molecule has 0 atom stereocenters. The number of nitrogens with one attached hydrogen (secondary N) is 1. The van der Waals surface area contributed by atoms with Crippen LogP contribution in [0, 0.1) is 20.8 Å². The standard InChI is InChI=1S/C17H21N3O3/c1-5-23-15(21)10-20-13(4)16(12(3)19-20)18-17(22)14-9-7-6-8-11(14)2/h6-9H,5,10H2,1-4H3,(H,18,22). The van der Waals surface area contributed by atoms with Crippen LogP contribution in [0.1, 0.15) is 34.2 Å². The molecule has 6 nitrogen and oxygen atoms in total. The van der Waals surface area contributed by atoms with Gasteiger partial charge in [-0.1, -0.05) is 18.2 Å². The van der Waals surface area contributed by atoms with Crippen LogP contribution in [0.3, 0.4) is 0 Å². The van der Waals surface area contributed by atoms with Gasteiger partial charge in [-0.15, -0.1) is 0 Å². The normalized spacial score (nSPS) is 10.4. The van der Waals surface area contributed by atoms with E-state index < -0.39 is 0 Å². The van der Waals surface area contributed by atoms with Gasteiger partial charge in [-0.3, -0.25) is 14.3 Å². The summed E-state index contributed by atoms with van der Waals surface area (Å²) in [4.78, 5) is 24.0. The van der Waals surface area contributed by atoms with Crippen molar-refractivity contribution in [1.82, 2.24) is 9.78 Å². The zero-order valence-corrected chi connectivity index (χ0v) is 13.8. The molecule has 0 unspecified atom stereocenters. The number of anilines is 1. The molecule has 0 fully saturated rings. The number of amides is 1. The molecule has 1 amide bonds. The summed E-state index contributed by atoms with van der Waals surface area (Å²) in [6.45, 7) is 7.61. The lowest BCUT2D eigenvalue weighted by Crippen LogP contribution is -2.16. The third-order valence-electron chi connectivity index (χ3n) is 3.59. The van der Waals surface area contributed by atoms with Crippen LogP contribution in [0.25, 0.3) is 0 Å². The van der Waals surface area contributed by atoms with E-state index in [1.807, 2.05) is 32.0 Å². The summed E-state index contributed by atoms with van der Waals surface area (Å²) < 4.78 is 6.47. The van der Waals surface area contributed by atoms with Crippen LogP contribution in [-0.2, 0) is 16.1 Å². The van der Waals surface area contributed by atoms with Gasteiger partial charge in [-0.2, -0.15) is 5.10 Å². The first kappa shape index (κ1) is 16.7. The van der Waals surface area contributed by atoms with E-state index in [9.17, 15) is 9.59 Å². The summed E-state index contributed by atoms with van der Waals surface area (Å²) in [5.74, 6) is -0.542. The van der Waals surface area contributed by atoms with Crippen LogP contribution in [0.4, 0.5) is 5.69 Å². The summed E-state index contributed by atoms with van der Waals surface area (Å²) in [7, 11) is 0.